The number of halogens is 2. The first-order chi connectivity index (χ1) is 14.0. The number of carbonyl (C=O) groups excluding carboxylic acids is 1. The summed E-state index contributed by atoms with van der Waals surface area (Å²) in [7, 11) is 1.66. The Bertz CT molecular complexity index is 1060. The third-order valence-electron chi connectivity index (χ3n) is 4.89. The van der Waals surface area contributed by atoms with Crippen molar-refractivity contribution >= 4 is 17.2 Å². The smallest absolute Gasteiger partial charge is 0.280 e. The molecule has 0 bridgehead atoms. The molecule has 1 aliphatic rings. The molecular formula is C20H20F2N4O3. The van der Waals surface area contributed by atoms with Gasteiger partial charge in [0.15, 0.2) is 0 Å². The van der Waals surface area contributed by atoms with E-state index in [1.165, 1.54) is 18.2 Å². The lowest BCUT2D eigenvalue weighted by Crippen LogP contribution is -2.16. The van der Waals surface area contributed by atoms with E-state index in [0.29, 0.717) is 23.7 Å². The summed E-state index contributed by atoms with van der Waals surface area (Å²) in [6, 6.07) is 5.65. The van der Waals surface area contributed by atoms with Gasteiger partial charge in [-0.15, -0.1) is 0 Å². The zero-order chi connectivity index (χ0) is 20.6. The van der Waals surface area contributed by atoms with Crippen LogP contribution in [0.4, 0.5) is 14.5 Å². The molecular weight excluding hydrogens is 382 g/mol. The fourth-order valence-corrected chi connectivity index (χ4v) is 3.17. The molecule has 1 N–H and O–H groups in total. The number of amides is 1. The lowest BCUT2D eigenvalue weighted by Gasteiger charge is -2.12. The molecule has 0 aliphatic heterocycles. The molecule has 0 atom stereocenters. The van der Waals surface area contributed by atoms with Crippen LogP contribution in [0.3, 0.4) is 0 Å². The van der Waals surface area contributed by atoms with Crippen LogP contribution in [-0.2, 0) is 10.3 Å². The highest BCUT2D eigenvalue weighted by atomic mass is 19.3. The highest BCUT2D eigenvalue weighted by Gasteiger charge is 2.47. The molecule has 0 spiro atoms. The standard InChI is InChI=1S/C20H20F2N4O3/c1-3-29-15-9-17-25-16(20(28-2)7-8-20)11-26(17)10-14(15)24-19(27)13-6-4-5-12(23-13)18(21)22/h4-6,9-11,18H,3,7-8H2,1-2H3,(H,24,27). The number of carbonyl (C=O) groups is 1. The Morgan fingerprint density at radius 1 is 1.31 bits per heavy atom. The van der Waals surface area contributed by atoms with Crippen molar-refractivity contribution in [2.45, 2.75) is 31.8 Å². The van der Waals surface area contributed by atoms with Gasteiger partial charge in [0.1, 0.15) is 34.1 Å². The Morgan fingerprint density at radius 3 is 2.76 bits per heavy atom. The maximum Gasteiger partial charge on any atom is 0.280 e. The van der Waals surface area contributed by atoms with Gasteiger partial charge in [-0.3, -0.25) is 4.79 Å². The van der Waals surface area contributed by atoms with E-state index < -0.39 is 18.0 Å². The zero-order valence-electron chi connectivity index (χ0n) is 16.0. The van der Waals surface area contributed by atoms with Crippen molar-refractivity contribution in [3.63, 3.8) is 0 Å². The fraction of sp³-hybridized carbons (Fsp3) is 0.350. The van der Waals surface area contributed by atoms with Gasteiger partial charge in [0, 0.05) is 25.6 Å². The minimum Gasteiger partial charge on any atom is -0.491 e. The fourth-order valence-electron chi connectivity index (χ4n) is 3.17. The molecule has 3 aromatic rings. The predicted octanol–water partition coefficient (Wildman–Crippen LogP) is 3.95. The quantitative estimate of drug-likeness (QED) is 0.647. The second-order valence-corrected chi connectivity index (χ2v) is 6.78. The Labute approximate surface area is 165 Å². The van der Waals surface area contributed by atoms with E-state index in [4.69, 9.17) is 9.47 Å². The highest BCUT2D eigenvalue weighted by molar-refractivity contribution is 6.03. The van der Waals surface area contributed by atoms with Gasteiger partial charge in [0.25, 0.3) is 12.3 Å². The first-order valence-electron chi connectivity index (χ1n) is 9.23. The number of nitrogens with zero attached hydrogens (tertiary/aromatic N) is 3. The van der Waals surface area contributed by atoms with Crippen molar-refractivity contribution in [2.24, 2.45) is 0 Å². The molecule has 0 radical (unpaired) electrons. The van der Waals surface area contributed by atoms with E-state index in [1.54, 1.807) is 23.8 Å². The van der Waals surface area contributed by atoms with E-state index in [0.717, 1.165) is 18.5 Å². The predicted molar refractivity (Wildman–Crippen MR) is 101 cm³/mol. The highest BCUT2D eigenvalue weighted by Crippen LogP contribution is 2.48. The Balaban J connectivity index is 1.67. The van der Waals surface area contributed by atoms with Crippen LogP contribution in [0, 0.1) is 0 Å². The minimum absolute atomic E-state index is 0.104. The average Bonchev–Trinajstić information content (AvgIpc) is 3.41. The Kier molecular flexibility index (Phi) is 4.91. The minimum atomic E-state index is -2.75. The van der Waals surface area contributed by atoms with Gasteiger partial charge in [-0.05, 0) is 31.9 Å². The van der Waals surface area contributed by atoms with Crippen LogP contribution in [0.1, 0.15) is 48.1 Å². The van der Waals surface area contributed by atoms with Gasteiger partial charge in [0.05, 0.1) is 12.3 Å². The number of alkyl halides is 2. The molecule has 9 heteroatoms. The van der Waals surface area contributed by atoms with Crippen molar-refractivity contribution in [1.29, 1.82) is 0 Å². The topological polar surface area (TPSA) is 77.8 Å². The van der Waals surface area contributed by atoms with Gasteiger partial charge in [-0.2, -0.15) is 0 Å². The Hall–Kier alpha value is -3.07. The van der Waals surface area contributed by atoms with Crippen molar-refractivity contribution in [2.75, 3.05) is 19.0 Å². The number of ether oxygens (including phenoxy) is 2. The van der Waals surface area contributed by atoms with Crippen LogP contribution in [0.5, 0.6) is 5.75 Å². The molecule has 1 saturated carbocycles. The number of methoxy groups -OCH3 is 1. The summed E-state index contributed by atoms with van der Waals surface area (Å²) in [5.41, 5.74) is 0.959. The lowest BCUT2D eigenvalue weighted by atomic mass is 10.2. The molecule has 0 unspecified atom stereocenters. The molecule has 4 rings (SSSR count). The van der Waals surface area contributed by atoms with E-state index >= 15 is 0 Å². The van der Waals surface area contributed by atoms with Crippen LogP contribution in [0.2, 0.25) is 0 Å². The van der Waals surface area contributed by atoms with Gasteiger partial charge < -0.3 is 19.2 Å². The molecule has 152 valence electrons. The Morgan fingerprint density at radius 2 is 2.10 bits per heavy atom. The first kappa shape index (κ1) is 19.3. The lowest BCUT2D eigenvalue weighted by molar-refractivity contribution is 0.0756. The molecule has 0 aromatic carbocycles. The number of imidazole rings is 1. The summed E-state index contributed by atoms with van der Waals surface area (Å²) in [4.78, 5) is 20.9. The average molecular weight is 402 g/mol. The molecule has 0 saturated heterocycles. The second-order valence-electron chi connectivity index (χ2n) is 6.78. The number of aromatic nitrogens is 3. The van der Waals surface area contributed by atoms with Crippen LogP contribution in [-0.4, -0.2) is 34.0 Å². The summed E-state index contributed by atoms with van der Waals surface area (Å²) in [6.45, 7) is 2.21. The van der Waals surface area contributed by atoms with Crippen molar-refractivity contribution in [1.82, 2.24) is 14.4 Å². The van der Waals surface area contributed by atoms with Crippen LogP contribution >= 0.6 is 0 Å². The summed E-state index contributed by atoms with van der Waals surface area (Å²) in [6.07, 6.45) is 2.59. The maximum absolute atomic E-state index is 12.9. The van der Waals surface area contributed by atoms with Gasteiger partial charge in [0.2, 0.25) is 0 Å². The molecule has 1 fully saturated rings. The third kappa shape index (κ3) is 3.65. The van der Waals surface area contributed by atoms with Gasteiger partial charge in [-0.1, -0.05) is 6.07 Å². The maximum atomic E-state index is 12.9. The van der Waals surface area contributed by atoms with Crippen LogP contribution < -0.4 is 10.1 Å². The third-order valence-corrected chi connectivity index (χ3v) is 4.89. The number of fused-ring (bicyclic) bond motifs is 1. The van der Waals surface area contributed by atoms with Gasteiger partial charge >= 0.3 is 0 Å². The number of pyridine rings is 2. The monoisotopic (exact) mass is 402 g/mol. The molecule has 29 heavy (non-hydrogen) atoms. The van der Waals surface area contributed by atoms with Gasteiger partial charge in [-0.25, -0.2) is 18.7 Å². The summed E-state index contributed by atoms with van der Waals surface area (Å²) in [5, 5.41) is 2.70. The number of nitrogens with one attached hydrogen (secondary N) is 1. The number of hydrogen-bond donors (Lipinski definition) is 1. The zero-order valence-corrected chi connectivity index (χ0v) is 16.0. The molecule has 1 aliphatic carbocycles. The molecule has 3 heterocycles. The largest absolute Gasteiger partial charge is 0.491 e. The van der Waals surface area contributed by atoms with Crippen molar-refractivity contribution in [3.05, 3.63) is 53.7 Å². The SMILES string of the molecule is CCOc1cc2nc(C3(OC)CC3)cn2cc1NC(=O)c1cccc(C(F)F)n1. The van der Waals surface area contributed by atoms with Crippen LogP contribution in [0.15, 0.2) is 36.7 Å². The number of rotatable bonds is 7. The summed E-state index contributed by atoms with van der Waals surface area (Å²) < 4.78 is 38.7. The van der Waals surface area contributed by atoms with Crippen molar-refractivity contribution in [3.8, 4) is 5.75 Å². The summed E-state index contributed by atoms with van der Waals surface area (Å²) in [5.74, 6) is -0.179. The molecule has 3 aromatic heterocycles. The number of anilines is 1. The normalized spacial score (nSPS) is 14.9. The van der Waals surface area contributed by atoms with E-state index in [-0.39, 0.29) is 11.3 Å². The van der Waals surface area contributed by atoms with Crippen LogP contribution in [0.25, 0.3) is 5.65 Å². The van der Waals surface area contributed by atoms with E-state index in [9.17, 15) is 13.6 Å². The second kappa shape index (κ2) is 7.40. The van der Waals surface area contributed by atoms with E-state index in [1.807, 2.05) is 13.1 Å². The first-order valence-corrected chi connectivity index (χ1v) is 9.23. The number of hydrogen-bond acceptors (Lipinski definition) is 5. The molecule has 7 nitrogen and oxygen atoms in total. The summed E-state index contributed by atoms with van der Waals surface area (Å²) >= 11 is 0. The van der Waals surface area contributed by atoms with Crippen molar-refractivity contribution < 1.29 is 23.0 Å². The molecule has 1 amide bonds. The van der Waals surface area contributed by atoms with E-state index in [2.05, 4.69) is 15.3 Å².